The summed E-state index contributed by atoms with van der Waals surface area (Å²) in [5, 5.41) is 3.12. The number of nitrogens with zero attached hydrogens (tertiary/aromatic N) is 3. The number of methoxy groups -OCH3 is 1. The summed E-state index contributed by atoms with van der Waals surface area (Å²) < 4.78 is 13.9. The molecule has 0 aromatic heterocycles. The van der Waals surface area contributed by atoms with Crippen molar-refractivity contribution in [1.82, 2.24) is 14.7 Å². The molecule has 0 bridgehead atoms. The number of nitrogens with one attached hydrogen (secondary N) is 1. The number of halogens is 1. The highest BCUT2D eigenvalue weighted by Gasteiger charge is 2.52. The first-order chi connectivity index (χ1) is 29.8. The largest absolute Gasteiger partial charge is 0.497 e. The number of benzene rings is 6. The maximum absolute atomic E-state index is 14.4. The van der Waals surface area contributed by atoms with Crippen LogP contribution in [0.4, 0.5) is 10.5 Å². The third kappa shape index (κ3) is 7.87. The summed E-state index contributed by atoms with van der Waals surface area (Å²) in [6, 6.07) is 53.6. The topological polar surface area (TPSA) is 91.4 Å². The molecule has 308 valence electrons. The van der Waals surface area contributed by atoms with Crippen molar-refractivity contribution >= 4 is 39.5 Å². The number of amides is 4. The van der Waals surface area contributed by atoms with Gasteiger partial charge in [-0.15, -0.1) is 0 Å². The van der Waals surface area contributed by atoms with E-state index in [2.05, 4.69) is 123 Å². The predicted octanol–water partition coefficient (Wildman–Crippen LogP) is 9.45. The van der Waals surface area contributed by atoms with Crippen molar-refractivity contribution in [2.24, 2.45) is 5.92 Å². The van der Waals surface area contributed by atoms with Gasteiger partial charge in [0.1, 0.15) is 11.4 Å². The fourth-order valence-corrected chi connectivity index (χ4v) is 9.83. The number of rotatable bonds is 11. The minimum absolute atomic E-state index is 0.0252. The van der Waals surface area contributed by atoms with Crippen LogP contribution >= 0.6 is 15.9 Å². The molecule has 3 unspecified atom stereocenters. The number of imide groups is 1. The van der Waals surface area contributed by atoms with Crippen LogP contribution in [0, 0.1) is 5.92 Å². The summed E-state index contributed by atoms with van der Waals surface area (Å²) in [5.74, 6) is -0.0529. The highest BCUT2D eigenvalue weighted by atomic mass is 79.9. The molecule has 9 rings (SSSR count). The first-order valence-electron chi connectivity index (χ1n) is 20.8. The lowest BCUT2D eigenvalue weighted by molar-refractivity contribution is -0.105. The standard InChI is InChI=1S/C51H47BrN4O5/c1-60-42-27-25-41(26-28-42)53-50(59)54-31-35(32-56-48(57)43-19-11-12-20-44(43)49(56)58)29-30-55-45(33-54)47(36-21-23-40(52)24-22-36)46(55)34-61-51(37-13-5-2-6-14-37,38-15-7-3-8-16-38)39-17-9-4-10-18-39/h2-28,35,45-47H,29-34H2,1H3,(H,53,59)/t35?,45?,46-,47?/m1/s1. The van der Waals surface area contributed by atoms with Crippen LogP contribution in [0.3, 0.4) is 0 Å². The van der Waals surface area contributed by atoms with Gasteiger partial charge in [0, 0.05) is 47.8 Å². The minimum atomic E-state index is -0.916. The number of ether oxygens (including phenoxy) is 2. The predicted molar refractivity (Wildman–Crippen MR) is 240 cm³/mol. The zero-order chi connectivity index (χ0) is 41.9. The molecule has 0 saturated carbocycles. The molecular formula is C51H47BrN4O5. The van der Waals surface area contributed by atoms with E-state index in [-0.39, 0.29) is 48.3 Å². The van der Waals surface area contributed by atoms with Crippen LogP contribution in [-0.2, 0) is 10.3 Å². The van der Waals surface area contributed by atoms with Gasteiger partial charge < -0.3 is 19.7 Å². The van der Waals surface area contributed by atoms with Crippen molar-refractivity contribution in [2.45, 2.75) is 30.0 Å². The number of anilines is 1. The summed E-state index contributed by atoms with van der Waals surface area (Å²) in [5.41, 5.74) is 4.81. The molecule has 0 aliphatic carbocycles. The van der Waals surface area contributed by atoms with Crippen LogP contribution < -0.4 is 10.1 Å². The van der Waals surface area contributed by atoms with E-state index in [0.717, 1.165) is 21.2 Å². The van der Waals surface area contributed by atoms with Crippen molar-refractivity contribution in [1.29, 1.82) is 0 Å². The first-order valence-corrected chi connectivity index (χ1v) is 21.6. The molecule has 1 N–H and O–H groups in total. The maximum Gasteiger partial charge on any atom is 0.321 e. The minimum Gasteiger partial charge on any atom is -0.497 e. The Hall–Kier alpha value is -6.07. The fraction of sp³-hybridized carbons (Fsp3) is 0.235. The van der Waals surface area contributed by atoms with Gasteiger partial charge in [-0.05, 0) is 89.7 Å². The molecule has 0 spiro atoms. The highest BCUT2D eigenvalue weighted by molar-refractivity contribution is 9.10. The van der Waals surface area contributed by atoms with Gasteiger partial charge in [-0.25, -0.2) is 4.79 Å². The summed E-state index contributed by atoms with van der Waals surface area (Å²) in [4.78, 5) is 47.5. The third-order valence-corrected chi connectivity index (χ3v) is 13.1. The number of carbonyl (C=O) groups is 3. The molecule has 3 aliphatic rings. The lowest BCUT2D eigenvalue weighted by atomic mass is 9.73. The van der Waals surface area contributed by atoms with E-state index in [0.29, 0.717) is 55.2 Å². The van der Waals surface area contributed by atoms with E-state index in [1.165, 1.54) is 10.5 Å². The molecular weight excluding hydrogens is 828 g/mol. The van der Waals surface area contributed by atoms with Gasteiger partial charge in [-0.1, -0.05) is 131 Å². The Labute approximate surface area is 365 Å². The van der Waals surface area contributed by atoms with Crippen LogP contribution in [0.25, 0.3) is 0 Å². The van der Waals surface area contributed by atoms with Crippen molar-refractivity contribution in [3.05, 3.63) is 202 Å². The normalized spacial score (nSPS) is 20.2. The average molecular weight is 876 g/mol. The molecule has 2 fully saturated rings. The Morgan fingerprint density at radius 1 is 0.705 bits per heavy atom. The van der Waals surface area contributed by atoms with Gasteiger partial charge in [-0.3, -0.25) is 19.4 Å². The quantitative estimate of drug-likeness (QED) is 0.103. The molecule has 61 heavy (non-hydrogen) atoms. The van der Waals surface area contributed by atoms with Crippen LogP contribution in [-0.4, -0.2) is 84.5 Å². The van der Waals surface area contributed by atoms with Gasteiger partial charge in [0.25, 0.3) is 11.8 Å². The maximum atomic E-state index is 14.4. The number of hydrogen-bond donors (Lipinski definition) is 1. The molecule has 9 nitrogen and oxygen atoms in total. The Morgan fingerprint density at radius 2 is 1.25 bits per heavy atom. The van der Waals surface area contributed by atoms with Crippen LogP contribution in [0.15, 0.2) is 168 Å². The summed E-state index contributed by atoms with van der Waals surface area (Å²) in [6.07, 6.45) is 0.654. The third-order valence-electron chi connectivity index (χ3n) is 12.6. The zero-order valence-electron chi connectivity index (χ0n) is 33.9. The Balaban J connectivity index is 1.07. The molecule has 2 saturated heterocycles. The monoisotopic (exact) mass is 874 g/mol. The molecule has 0 radical (unpaired) electrons. The van der Waals surface area contributed by atoms with Crippen molar-refractivity contribution in [2.75, 3.05) is 45.2 Å². The number of urea groups is 1. The SMILES string of the molecule is COc1ccc(NC(=O)N2CC(CN3C(=O)c4ccccc4C3=O)CCN3C(C2)C(c2ccc(Br)cc2)[C@H]3COC(c2ccccc2)(c2ccccc2)c2ccccc2)cc1. The molecule has 4 amide bonds. The van der Waals surface area contributed by atoms with Gasteiger partial charge in [0.15, 0.2) is 0 Å². The molecule has 10 heteroatoms. The van der Waals surface area contributed by atoms with Crippen molar-refractivity contribution in [3.63, 3.8) is 0 Å². The fourth-order valence-electron chi connectivity index (χ4n) is 9.56. The Bertz CT molecular complexity index is 2360. The van der Waals surface area contributed by atoms with Crippen LogP contribution in [0.1, 0.15) is 55.3 Å². The van der Waals surface area contributed by atoms with Gasteiger partial charge >= 0.3 is 6.03 Å². The second-order valence-electron chi connectivity index (χ2n) is 16.0. The summed E-state index contributed by atoms with van der Waals surface area (Å²) in [7, 11) is 1.61. The van der Waals surface area contributed by atoms with Gasteiger partial charge in [-0.2, -0.15) is 0 Å². The van der Waals surface area contributed by atoms with Crippen LogP contribution in [0.2, 0.25) is 0 Å². The molecule has 4 atom stereocenters. The van der Waals surface area contributed by atoms with E-state index in [1.54, 1.807) is 31.4 Å². The molecule has 3 aliphatic heterocycles. The lowest BCUT2D eigenvalue weighted by Gasteiger charge is -2.58. The zero-order valence-corrected chi connectivity index (χ0v) is 35.5. The van der Waals surface area contributed by atoms with E-state index < -0.39 is 5.60 Å². The smallest absolute Gasteiger partial charge is 0.321 e. The molecule has 3 heterocycles. The van der Waals surface area contributed by atoms with E-state index in [9.17, 15) is 14.4 Å². The molecule has 6 aromatic rings. The summed E-state index contributed by atoms with van der Waals surface area (Å²) in [6.45, 7) is 2.08. The van der Waals surface area contributed by atoms with E-state index >= 15 is 0 Å². The van der Waals surface area contributed by atoms with Crippen molar-refractivity contribution < 1.29 is 23.9 Å². The second kappa shape index (κ2) is 17.5. The Kier molecular flexibility index (Phi) is 11.6. The van der Waals surface area contributed by atoms with E-state index in [4.69, 9.17) is 9.47 Å². The van der Waals surface area contributed by atoms with Gasteiger partial charge in [0.05, 0.1) is 24.8 Å². The highest BCUT2D eigenvalue weighted by Crippen LogP contribution is 2.46. The first kappa shape index (κ1) is 40.3. The number of fused-ring (bicyclic) bond motifs is 2. The van der Waals surface area contributed by atoms with E-state index in [1.807, 2.05) is 47.4 Å². The second-order valence-corrected chi connectivity index (χ2v) is 16.9. The lowest BCUT2D eigenvalue weighted by Crippen LogP contribution is -2.69. The van der Waals surface area contributed by atoms with Crippen molar-refractivity contribution in [3.8, 4) is 5.75 Å². The average Bonchev–Trinajstić information content (AvgIpc) is 3.53. The number of carbonyl (C=O) groups excluding carboxylic acids is 3. The van der Waals surface area contributed by atoms with Gasteiger partial charge in [0.2, 0.25) is 0 Å². The molecule has 6 aromatic carbocycles. The van der Waals surface area contributed by atoms with Crippen LogP contribution in [0.5, 0.6) is 5.75 Å². The summed E-state index contributed by atoms with van der Waals surface area (Å²) >= 11 is 3.65. The Morgan fingerprint density at radius 3 is 1.79 bits per heavy atom. The number of hydrogen-bond acceptors (Lipinski definition) is 6.